The Morgan fingerprint density at radius 3 is 2.51 bits per heavy atom. The van der Waals surface area contributed by atoms with E-state index in [4.69, 9.17) is 10.5 Å². The van der Waals surface area contributed by atoms with Gasteiger partial charge >= 0.3 is 0 Å². The predicted octanol–water partition coefficient (Wildman–Crippen LogP) is 3.87. The average Bonchev–Trinajstić information content (AvgIpc) is 2.91. The Bertz CT molecular complexity index is 1150. The zero-order chi connectivity index (χ0) is 25.5. The number of amides is 1. The molecule has 3 rings (SSSR count). The lowest BCUT2D eigenvalue weighted by atomic mass is 10.1. The number of aliphatic hydroxyl groups excluding tert-OH is 1. The van der Waals surface area contributed by atoms with E-state index in [9.17, 15) is 9.59 Å². The Hall–Kier alpha value is -3.95. The molecule has 0 spiro atoms. The molecule has 0 aliphatic heterocycles. The van der Waals surface area contributed by atoms with E-state index < -0.39 is 0 Å². The Balaban J connectivity index is 0.000000641. The van der Waals surface area contributed by atoms with Crippen molar-refractivity contribution >= 4 is 41.6 Å². The molecule has 1 heterocycles. The number of allylic oxidation sites excluding steroid dienone is 1. The van der Waals surface area contributed by atoms with Crippen LogP contribution >= 0.6 is 11.8 Å². The van der Waals surface area contributed by atoms with E-state index in [1.165, 1.54) is 11.8 Å². The van der Waals surface area contributed by atoms with Gasteiger partial charge < -0.3 is 25.9 Å². The second-order valence-corrected chi connectivity index (χ2v) is 7.94. The van der Waals surface area contributed by atoms with Gasteiger partial charge in [-0.2, -0.15) is 0 Å². The first-order valence-corrected chi connectivity index (χ1v) is 11.5. The van der Waals surface area contributed by atoms with Crippen LogP contribution in [-0.4, -0.2) is 55.5 Å². The van der Waals surface area contributed by atoms with Gasteiger partial charge in [0.05, 0.1) is 23.6 Å². The van der Waals surface area contributed by atoms with Gasteiger partial charge in [0.15, 0.2) is 0 Å². The molecular weight excluding hydrogens is 464 g/mol. The molecule has 182 valence electrons. The lowest BCUT2D eigenvalue weighted by Crippen LogP contribution is -2.18. The number of carbonyl (C=O) groups excluding carboxylic acids is 2. The maximum absolute atomic E-state index is 12.1. The fourth-order valence-corrected chi connectivity index (χ4v) is 3.85. The Morgan fingerprint density at radius 2 is 1.89 bits per heavy atom. The van der Waals surface area contributed by atoms with Gasteiger partial charge in [0.1, 0.15) is 6.61 Å². The molecule has 1 aromatic heterocycles. The Labute approximate surface area is 209 Å². The maximum atomic E-state index is 12.1. The van der Waals surface area contributed by atoms with E-state index in [1.54, 1.807) is 19.3 Å². The molecule has 0 saturated carbocycles. The number of anilines is 1. The molecule has 4 N–H and O–H groups in total. The number of nitrogens with one attached hydrogen (secondary N) is 3. The van der Waals surface area contributed by atoms with E-state index in [0.717, 1.165) is 26.7 Å². The minimum atomic E-state index is -0.111. The first kappa shape index (κ1) is 27.3. The van der Waals surface area contributed by atoms with Gasteiger partial charge in [0.25, 0.3) is 12.4 Å². The molecule has 0 atom stereocenters. The van der Waals surface area contributed by atoms with E-state index in [-0.39, 0.29) is 19.1 Å². The number of benzene rings is 2. The van der Waals surface area contributed by atoms with Crippen molar-refractivity contribution < 1.29 is 19.4 Å². The van der Waals surface area contributed by atoms with Crippen LogP contribution in [0.2, 0.25) is 0 Å². The van der Waals surface area contributed by atoms with Gasteiger partial charge in [-0.15, -0.1) is 0 Å². The van der Waals surface area contributed by atoms with E-state index in [0.29, 0.717) is 17.7 Å². The highest BCUT2D eigenvalue weighted by atomic mass is 32.2. The Morgan fingerprint density at radius 1 is 1.11 bits per heavy atom. The van der Waals surface area contributed by atoms with Crippen molar-refractivity contribution in [3.8, 4) is 0 Å². The van der Waals surface area contributed by atoms with E-state index in [1.807, 2.05) is 73.8 Å². The molecule has 3 aromatic rings. The number of hydrogen-bond donors (Lipinski definition) is 4. The number of hydrogen-bond acceptors (Lipinski definition) is 8. The second kappa shape index (κ2) is 15.0. The summed E-state index contributed by atoms with van der Waals surface area (Å²) in [4.78, 5) is 27.4. The van der Waals surface area contributed by atoms with Crippen molar-refractivity contribution in [3.05, 3.63) is 89.8 Å². The topological polar surface area (TPSA) is 124 Å². The molecule has 0 aliphatic rings. The number of nitrogens with zero attached hydrogens (tertiary/aromatic N) is 1. The van der Waals surface area contributed by atoms with Gasteiger partial charge in [-0.1, -0.05) is 30.0 Å². The van der Waals surface area contributed by atoms with Gasteiger partial charge in [-0.05, 0) is 54.6 Å². The van der Waals surface area contributed by atoms with Gasteiger partial charge in [-0.25, -0.2) is 0 Å². The molecule has 0 fully saturated rings. The smallest absolute Gasteiger partial charge is 0.293 e. The summed E-state index contributed by atoms with van der Waals surface area (Å²) in [6, 6.07) is 19.1. The lowest BCUT2D eigenvalue weighted by Gasteiger charge is -2.12. The van der Waals surface area contributed by atoms with Crippen molar-refractivity contribution in [2.45, 2.75) is 9.79 Å². The fraction of sp³-hybridized carbons (Fsp3) is 0.154. The SMILES string of the molecule is CNC(=O)c1ccccc1Sc1ccc(C(=N)/C=C/c2ccccn2)c(NC)c1.O=COCCO. The number of pyridine rings is 1. The second-order valence-electron chi connectivity index (χ2n) is 6.83. The van der Waals surface area contributed by atoms with Crippen LogP contribution < -0.4 is 10.6 Å². The highest BCUT2D eigenvalue weighted by Crippen LogP contribution is 2.33. The molecular formula is C26H28N4O4S. The summed E-state index contributed by atoms with van der Waals surface area (Å²) in [5.41, 5.74) is 3.48. The summed E-state index contributed by atoms with van der Waals surface area (Å²) in [7, 11) is 3.46. The number of ether oxygens (including phenoxy) is 1. The molecule has 0 bridgehead atoms. The lowest BCUT2D eigenvalue weighted by molar-refractivity contribution is -0.129. The number of rotatable bonds is 10. The van der Waals surface area contributed by atoms with Crippen molar-refractivity contribution in [2.75, 3.05) is 32.6 Å². The molecule has 9 heteroatoms. The molecule has 35 heavy (non-hydrogen) atoms. The zero-order valence-corrected chi connectivity index (χ0v) is 20.3. The minimum Gasteiger partial charge on any atom is -0.465 e. The standard InChI is InChI=1S/C23H22N4OS.C3H6O3/c1-25-21-15-17(29-22-9-4-3-8-19(22)23(28)26-2)11-12-18(21)20(24)13-10-16-7-5-6-14-27-16;4-1-2-6-3-5/h3-15,24-25H,1-2H3,(H,26,28);3-4H,1-2H2/b13-10+,24-20?;. The van der Waals surface area contributed by atoms with Crippen molar-refractivity contribution in [2.24, 2.45) is 0 Å². The normalized spacial score (nSPS) is 10.1. The van der Waals surface area contributed by atoms with Crippen LogP contribution in [0, 0.1) is 5.41 Å². The summed E-state index contributed by atoms with van der Waals surface area (Å²) < 4.78 is 4.05. The monoisotopic (exact) mass is 492 g/mol. The molecule has 0 saturated heterocycles. The van der Waals surface area contributed by atoms with Crippen LogP contribution in [0.5, 0.6) is 0 Å². The van der Waals surface area contributed by atoms with Gasteiger partial charge in [-0.3, -0.25) is 14.6 Å². The molecule has 8 nitrogen and oxygen atoms in total. The predicted molar refractivity (Wildman–Crippen MR) is 139 cm³/mol. The van der Waals surface area contributed by atoms with Crippen molar-refractivity contribution in [3.63, 3.8) is 0 Å². The van der Waals surface area contributed by atoms with Crippen LogP contribution in [0.3, 0.4) is 0 Å². The fourth-order valence-electron chi connectivity index (χ4n) is 2.87. The molecule has 2 aromatic carbocycles. The third kappa shape index (κ3) is 8.73. The Kier molecular flexibility index (Phi) is 11.7. The molecule has 0 unspecified atom stereocenters. The number of carbonyl (C=O) groups is 2. The first-order valence-electron chi connectivity index (χ1n) is 10.7. The van der Waals surface area contributed by atoms with Crippen LogP contribution in [0.4, 0.5) is 5.69 Å². The zero-order valence-electron chi connectivity index (χ0n) is 19.5. The van der Waals surface area contributed by atoms with Crippen LogP contribution in [0.15, 0.2) is 82.7 Å². The number of aromatic nitrogens is 1. The number of aliphatic hydroxyl groups is 1. The summed E-state index contributed by atoms with van der Waals surface area (Å²) in [6.07, 6.45) is 5.29. The molecule has 0 radical (unpaired) electrons. The summed E-state index contributed by atoms with van der Waals surface area (Å²) in [5, 5.41) is 22.2. The third-order valence-corrected chi connectivity index (χ3v) is 5.59. The third-order valence-electron chi connectivity index (χ3n) is 4.52. The molecule has 0 aliphatic carbocycles. The maximum Gasteiger partial charge on any atom is 0.293 e. The quantitative estimate of drug-likeness (QED) is 0.192. The first-order chi connectivity index (χ1) is 17.0. The van der Waals surface area contributed by atoms with Crippen molar-refractivity contribution in [1.29, 1.82) is 5.41 Å². The minimum absolute atomic E-state index is 0.0985. The van der Waals surface area contributed by atoms with Crippen molar-refractivity contribution in [1.82, 2.24) is 10.3 Å². The average molecular weight is 493 g/mol. The largest absolute Gasteiger partial charge is 0.465 e. The van der Waals surface area contributed by atoms with Gasteiger partial charge in [0, 0.05) is 41.3 Å². The summed E-state index contributed by atoms with van der Waals surface area (Å²) >= 11 is 1.52. The van der Waals surface area contributed by atoms with Crippen LogP contribution in [0.25, 0.3) is 6.08 Å². The van der Waals surface area contributed by atoms with E-state index in [2.05, 4.69) is 20.4 Å². The van der Waals surface area contributed by atoms with Crippen LogP contribution in [0.1, 0.15) is 21.6 Å². The van der Waals surface area contributed by atoms with Gasteiger partial charge in [0.2, 0.25) is 0 Å². The highest BCUT2D eigenvalue weighted by Gasteiger charge is 2.12. The molecule has 1 amide bonds. The summed E-state index contributed by atoms with van der Waals surface area (Å²) in [6.45, 7) is 0.304. The van der Waals surface area contributed by atoms with Crippen LogP contribution in [-0.2, 0) is 9.53 Å². The van der Waals surface area contributed by atoms with E-state index >= 15 is 0 Å². The highest BCUT2D eigenvalue weighted by molar-refractivity contribution is 7.99. The summed E-state index contributed by atoms with van der Waals surface area (Å²) in [5.74, 6) is -0.111.